The minimum absolute atomic E-state index is 0. The van der Waals surface area contributed by atoms with E-state index in [1.807, 2.05) is 14.0 Å². The Morgan fingerprint density at radius 2 is 2.13 bits per heavy atom. The zero-order valence-corrected chi connectivity index (χ0v) is 16.6. The lowest BCUT2D eigenvalue weighted by atomic mass is 10.1. The Labute approximate surface area is 158 Å². The number of guanidine groups is 1. The molecule has 6 heteroatoms. The van der Waals surface area contributed by atoms with Crippen LogP contribution in [0.25, 0.3) is 0 Å². The summed E-state index contributed by atoms with van der Waals surface area (Å²) in [5, 5.41) is 10.0. The smallest absolute Gasteiger partial charge is 0.191 e. The molecule has 0 saturated heterocycles. The van der Waals surface area contributed by atoms with E-state index in [4.69, 9.17) is 0 Å². The first-order chi connectivity index (χ1) is 10.7. The monoisotopic (exact) mass is 442 g/mol. The molecule has 1 aromatic carbocycles. The van der Waals surface area contributed by atoms with Crippen LogP contribution in [-0.2, 0) is 13.0 Å². The molecule has 1 heterocycles. The van der Waals surface area contributed by atoms with Crippen molar-refractivity contribution in [1.82, 2.24) is 15.6 Å². The van der Waals surface area contributed by atoms with Gasteiger partial charge in [0, 0.05) is 24.2 Å². The van der Waals surface area contributed by atoms with Crippen LogP contribution in [-0.4, -0.2) is 24.0 Å². The second-order valence-corrected chi connectivity index (χ2v) is 6.69. The van der Waals surface area contributed by atoms with Crippen molar-refractivity contribution < 1.29 is 0 Å². The maximum absolute atomic E-state index is 4.46. The molecule has 1 aliphatic carbocycles. The van der Waals surface area contributed by atoms with Gasteiger partial charge in [-0.25, -0.2) is 4.98 Å². The van der Waals surface area contributed by atoms with E-state index in [1.165, 1.54) is 12.0 Å². The summed E-state index contributed by atoms with van der Waals surface area (Å²) in [7, 11) is 1.82. The van der Waals surface area contributed by atoms with Gasteiger partial charge in [-0.2, -0.15) is 0 Å². The third kappa shape index (κ3) is 5.46. The third-order valence-electron chi connectivity index (χ3n) is 3.88. The van der Waals surface area contributed by atoms with Gasteiger partial charge >= 0.3 is 0 Å². The number of halogens is 1. The predicted molar refractivity (Wildman–Crippen MR) is 108 cm³/mol. The SMILES string of the molecule is CN=C(NCc1nc(C)cs1)NC1CC1Cc1ccccc1.I. The minimum Gasteiger partial charge on any atom is -0.353 e. The van der Waals surface area contributed by atoms with Gasteiger partial charge in [-0.05, 0) is 31.2 Å². The Hall–Kier alpha value is -1.15. The van der Waals surface area contributed by atoms with Crippen LogP contribution in [0.2, 0.25) is 0 Å². The van der Waals surface area contributed by atoms with E-state index in [0.717, 1.165) is 29.6 Å². The van der Waals surface area contributed by atoms with Crippen LogP contribution in [0.1, 0.15) is 22.7 Å². The third-order valence-corrected chi connectivity index (χ3v) is 4.85. The first-order valence-electron chi connectivity index (χ1n) is 7.66. The Morgan fingerprint density at radius 1 is 1.35 bits per heavy atom. The van der Waals surface area contributed by atoms with Crippen molar-refractivity contribution in [1.29, 1.82) is 0 Å². The highest BCUT2D eigenvalue weighted by Gasteiger charge is 2.37. The van der Waals surface area contributed by atoms with E-state index < -0.39 is 0 Å². The molecule has 1 fully saturated rings. The lowest BCUT2D eigenvalue weighted by Crippen LogP contribution is -2.38. The van der Waals surface area contributed by atoms with Crippen LogP contribution in [0.15, 0.2) is 40.7 Å². The number of hydrogen-bond donors (Lipinski definition) is 2. The van der Waals surface area contributed by atoms with E-state index in [1.54, 1.807) is 11.3 Å². The summed E-state index contributed by atoms with van der Waals surface area (Å²) in [6.07, 6.45) is 2.35. The summed E-state index contributed by atoms with van der Waals surface area (Å²) in [5.41, 5.74) is 2.49. The number of aryl methyl sites for hydroxylation is 1. The quantitative estimate of drug-likeness (QED) is 0.424. The first-order valence-corrected chi connectivity index (χ1v) is 8.54. The number of rotatable bonds is 5. The van der Waals surface area contributed by atoms with E-state index in [9.17, 15) is 0 Å². The summed E-state index contributed by atoms with van der Waals surface area (Å²) in [5.74, 6) is 1.58. The van der Waals surface area contributed by atoms with Gasteiger partial charge in [0.15, 0.2) is 5.96 Å². The average molecular weight is 442 g/mol. The number of nitrogens with zero attached hydrogens (tertiary/aromatic N) is 2. The molecule has 1 aliphatic rings. The Morgan fingerprint density at radius 3 is 2.78 bits per heavy atom. The van der Waals surface area contributed by atoms with Gasteiger partial charge < -0.3 is 10.6 Å². The second-order valence-electron chi connectivity index (χ2n) is 5.74. The number of hydrogen-bond acceptors (Lipinski definition) is 3. The summed E-state index contributed by atoms with van der Waals surface area (Å²) < 4.78 is 0. The van der Waals surface area contributed by atoms with Gasteiger partial charge in [0.25, 0.3) is 0 Å². The summed E-state index contributed by atoms with van der Waals surface area (Å²) in [4.78, 5) is 8.76. The molecule has 0 bridgehead atoms. The van der Waals surface area contributed by atoms with Crippen molar-refractivity contribution in [3.05, 3.63) is 52.0 Å². The molecular weight excluding hydrogens is 419 g/mol. The molecule has 2 aromatic rings. The van der Waals surface area contributed by atoms with Gasteiger partial charge in [0.05, 0.1) is 6.54 Å². The van der Waals surface area contributed by atoms with Crippen molar-refractivity contribution in [2.24, 2.45) is 10.9 Å². The van der Waals surface area contributed by atoms with Crippen LogP contribution < -0.4 is 10.6 Å². The molecule has 0 aliphatic heterocycles. The van der Waals surface area contributed by atoms with Crippen molar-refractivity contribution in [3.8, 4) is 0 Å². The molecular formula is C17H23IN4S. The van der Waals surface area contributed by atoms with Crippen LogP contribution in [0.4, 0.5) is 0 Å². The fourth-order valence-electron chi connectivity index (χ4n) is 2.58. The van der Waals surface area contributed by atoms with Crippen molar-refractivity contribution >= 4 is 41.3 Å². The van der Waals surface area contributed by atoms with Crippen molar-refractivity contribution in [2.75, 3.05) is 7.05 Å². The van der Waals surface area contributed by atoms with E-state index in [2.05, 4.69) is 56.3 Å². The molecule has 1 aromatic heterocycles. The highest BCUT2D eigenvalue weighted by Crippen LogP contribution is 2.33. The van der Waals surface area contributed by atoms with E-state index in [0.29, 0.717) is 12.0 Å². The lowest BCUT2D eigenvalue weighted by Gasteiger charge is -2.10. The molecule has 0 amide bonds. The fourth-order valence-corrected chi connectivity index (χ4v) is 3.29. The van der Waals surface area contributed by atoms with Gasteiger partial charge in [-0.3, -0.25) is 4.99 Å². The molecule has 23 heavy (non-hydrogen) atoms. The van der Waals surface area contributed by atoms with Gasteiger partial charge in [-0.1, -0.05) is 30.3 Å². The Kier molecular flexibility index (Phi) is 6.83. The van der Waals surface area contributed by atoms with Crippen LogP contribution in [0, 0.1) is 12.8 Å². The van der Waals surface area contributed by atoms with Gasteiger partial charge in [-0.15, -0.1) is 35.3 Å². The fraction of sp³-hybridized carbons (Fsp3) is 0.412. The number of thiazole rings is 1. The Bertz CT molecular complexity index is 641. The molecule has 3 rings (SSSR count). The maximum Gasteiger partial charge on any atom is 0.191 e. The van der Waals surface area contributed by atoms with Crippen molar-refractivity contribution in [3.63, 3.8) is 0 Å². The molecule has 1 saturated carbocycles. The van der Waals surface area contributed by atoms with Gasteiger partial charge in [0.2, 0.25) is 0 Å². The van der Waals surface area contributed by atoms with E-state index in [-0.39, 0.29) is 24.0 Å². The van der Waals surface area contributed by atoms with E-state index >= 15 is 0 Å². The second kappa shape index (κ2) is 8.63. The number of aliphatic imine (C=N–C) groups is 1. The predicted octanol–water partition coefficient (Wildman–Crippen LogP) is 3.37. The summed E-state index contributed by atoms with van der Waals surface area (Å²) in [6, 6.07) is 11.2. The molecule has 0 spiro atoms. The number of benzene rings is 1. The normalized spacial score (nSPS) is 19.8. The zero-order valence-electron chi connectivity index (χ0n) is 13.5. The highest BCUT2D eigenvalue weighted by atomic mass is 127. The van der Waals surface area contributed by atoms with Gasteiger partial charge in [0.1, 0.15) is 5.01 Å². The molecule has 0 radical (unpaired) electrons. The molecule has 4 nitrogen and oxygen atoms in total. The Balaban J connectivity index is 0.00000192. The van der Waals surface area contributed by atoms with Crippen LogP contribution in [0.3, 0.4) is 0 Å². The van der Waals surface area contributed by atoms with Crippen LogP contribution >= 0.6 is 35.3 Å². The topological polar surface area (TPSA) is 49.3 Å². The summed E-state index contributed by atoms with van der Waals surface area (Å²) in [6.45, 7) is 2.75. The molecule has 2 atom stereocenters. The largest absolute Gasteiger partial charge is 0.353 e. The number of nitrogens with one attached hydrogen (secondary N) is 2. The summed E-state index contributed by atoms with van der Waals surface area (Å²) >= 11 is 1.68. The molecule has 124 valence electrons. The lowest BCUT2D eigenvalue weighted by molar-refractivity contribution is 0.720. The molecule has 2 unspecified atom stereocenters. The highest BCUT2D eigenvalue weighted by molar-refractivity contribution is 14.0. The maximum atomic E-state index is 4.46. The minimum atomic E-state index is 0. The van der Waals surface area contributed by atoms with Crippen LogP contribution in [0.5, 0.6) is 0 Å². The number of aromatic nitrogens is 1. The average Bonchev–Trinajstić information content (AvgIpc) is 3.12. The first kappa shape index (κ1) is 18.2. The van der Waals surface area contributed by atoms with Crippen molar-refractivity contribution in [2.45, 2.75) is 32.4 Å². The molecule has 2 N–H and O–H groups in total. The zero-order chi connectivity index (χ0) is 15.4. The standard InChI is InChI=1S/C17H22N4S.HI/c1-12-11-22-16(20-12)10-19-17(18-2)21-15-9-14(15)8-13-6-4-3-5-7-13;/h3-7,11,14-15H,8-10H2,1-2H3,(H2,18,19,21);1H.